The monoisotopic (exact) mass is 173 g/mol. The molecule has 0 radical (unpaired) electrons. The molecule has 0 aromatic heterocycles. The van der Waals surface area contributed by atoms with Crippen molar-refractivity contribution in [2.24, 2.45) is 0 Å². The Labute approximate surface area is 79.7 Å². The van der Waals surface area contributed by atoms with Gasteiger partial charge in [0.15, 0.2) is 0 Å². The van der Waals surface area contributed by atoms with Gasteiger partial charge in [-0.25, -0.2) is 0 Å². The van der Waals surface area contributed by atoms with Gasteiger partial charge in [-0.05, 0) is 41.7 Å². The van der Waals surface area contributed by atoms with Crippen molar-refractivity contribution in [2.45, 2.75) is 12.8 Å². The summed E-state index contributed by atoms with van der Waals surface area (Å²) >= 11 is 0. The Morgan fingerprint density at radius 3 is 2.69 bits per heavy atom. The maximum atomic E-state index is 4.08. The van der Waals surface area contributed by atoms with E-state index in [0.717, 1.165) is 6.42 Å². The van der Waals surface area contributed by atoms with Crippen LogP contribution < -0.4 is 4.90 Å². The highest BCUT2D eigenvalue weighted by atomic mass is 15.1. The average Bonchev–Trinajstić information content (AvgIpc) is 2.47. The number of nitrogens with zero attached hydrogens (tertiary/aromatic N) is 1. The van der Waals surface area contributed by atoms with Crippen molar-refractivity contribution in [1.29, 1.82) is 0 Å². The zero-order chi connectivity index (χ0) is 9.42. The zero-order valence-electron chi connectivity index (χ0n) is 8.30. The van der Waals surface area contributed by atoms with Crippen LogP contribution in [0.3, 0.4) is 0 Å². The van der Waals surface area contributed by atoms with Crippen LogP contribution in [0.2, 0.25) is 0 Å². The number of anilines is 1. The second-order valence-corrected chi connectivity index (χ2v) is 3.84. The lowest BCUT2D eigenvalue weighted by molar-refractivity contribution is 1.08. The second-order valence-electron chi connectivity index (χ2n) is 3.84. The number of hydrogen-bond donors (Lipinski definition) is 0. The quantitative estimate of drug-likeness (QED) is 0.631. The van der Waals surface area contributed by atoms with Crippen molar-refractivity contribution in [2.75, 3.05) is 19.0 Å². The fraction of sp³-hybridized carbons (Fsp3) is 0.333. The topological polar surface area (TPSA) is 3.24 Å². The van der Waals surface area contributed by atoms with Crippen molar-refractivity contribution in [3.8, 4) is 0 Å². The molecule has 1 aliphatic rings. The molecule has 1 heteroatoms. The molecule has 1 aromatic rings. The standard InChI is InChI=1S/C12H15N/c1-9-4-5-10-6-7-11(13(2)3)8-12(9)10/h6-8H,1,4-5H2,2-3H3. The van der Waals surface area contributed by atoms with Crippen LogP contribution in [0, 0.1) is 0 Å². The lowest BCUT2D eigenvalue weighted by atomic mass is 10.1. The number of allylic oxidation sites excluding steroid dienone is 1. The molecule has 0 saturated carbocycles. The van der Waals surface area contributed by atoms with Gasteiger partial charge in [0.1, 0.15) is 0 Å². The van der Waals surface area contributed by atoms with E-state index in [1.54, 1.807) is 0 Å². The van der Waals surface area contributed by atoms with E-state index in [0.29, 0.717) is 0 Å². The highest BCUT2D eigenvalue weighted by Gasteiger charge is 2.14. The van der Waals surface area contributed by atoms with Crippen molar-refractivity contribution >= 4 is 11.3 Å². The predicted octanol–water partition coefficient (Wildman–Crippen LogP) is 2.71. The molecule has 0 saturated heterocycles. The maximum absolute atomic E-state index is 4.08. The molecule has 0 heterocycles. The summed E-state index contributed by atoms with van der Waals surface area (Å²) in [6, 6.07) is 6.64. The van der Waals surface area contributed by atoms with E-state index < -0.39 is 0 Å². The van der Waals surface area contributed by atoms with Crippen LogP contribution in [-0.2, 0) is 6.42 Å². The van der Waals surface area contributed by atoms with Crippen LogP contribution >= 0.6 is 0 Å². The molecular weight excluding hydrogens is 158 g/mol. The molecule has 1 aliphatic carbocycles. The summed E-state index contributed by atoms with van der Waals surface area (Å²) in [5.74, 6) is 0. The van der Waals surface area contributed by atoms with Crippen molar-refractivity contribution in [3.05, 3.63) is 35.9 Å². The predicted molar refractivity (Wildman–Crippen MR) is 58.1 cm³/mol. The first-order valence-corrected chi connectivity index (χ1v) is 4.67. The van der Waals surface area contributed by atoms with Crippen molar-refractivity contribution < 1.29 is 0 Å². The van der Waals surface area contributed by atoms with Gasteiger partial charge in [-0.3, -0.25) is 0 Å². The van der Waals surface area contributed by atoms with E-state index in [4.69, 9.17) is 0 Å². The average molecular weight is 173 g/mol. The number of hydrogen-bond acceptors (Lipinski definition) is 1. The third-order valence-electron chi connectivity index (χ3n) is 2.69. The molecule has 0 amide bonds. The number of benzene rings is 1. The van der Waals surface area contributed by atoms with Gasteiger partial charge < -0.3 is 4.90 Å². The largest absolute Gasteiger partial charge is 0.378 e. The molecule has 0 unspecified atom stereocenters. The Morgan fingerprint density at radius 1 is 1.23 bits per heavy atom. The Kier molecular flexibility index (Phi) is 1.87. The fourth-order valence-electron chi connectivity index (χ4n) is 1.81. The smallest absolute Gasteiger partial charge is 0.0367 e. The maximum Gasteiger partial charge on any atom is 0.0367 e. The van der Waals surface area contributed by atoms with E-state index >= 15 is 0 Å². The Morgan fingerprint density at radius 2 is 2.00 bits per heavy atom. The summed E-state index contributed by atoms with van der Waals surface area (Å²) in [7, 11) is 4.14. The molecule has 0 spiro atoms. The highest BCUT2D eigenvalue weighted by Crippen LogP contribution is 2.33. The van der Waals surface area contributed by atoms with E-state index in [-0.39, 0.29) is 0 Å². The molecule has 2 rings (SSSR count). The minimum absolute atomic E-state index is 1.13. The summed E-state index contributed by atoms with van der Waals surface area (Å²) in [6.07, 6.45) is 2.30. The second kappa shape index (κ2) is 2.91. The third kappa shape index (κ3) is 1.35. The van der Waals surface area contributed by atoms with Crippen LogP contribution in [0.25, 0.3) is 5.57 Å². The molecule has 0 N–H and O–H groups in total. The lowest BCUT2D eigenvalue weighted by Crippen LogP contribution is -2.08. The van der Waals surface area contributed by atoms with E-state index in [1.807, 2.05) is 0 Å². The molecule has 0 aliphatic heterocycles. The van der Waals surface area contributed by atoms with Gasteiger partial charge in [0.25, 0.3) is 0 Å². The molecule has 13 heavy (non-hydrogen) atoms. The van der Waals surface area contributed by atoms with Crippen LogP contribution in [-0.4, -0.2) is 14.1 Å². The fourth-order valence-corrected chi connectivity index (χ4v) is 1.81. The van der Waals surface area contributed by atoms with Crippen LogP contribution in [0.5, 0.6) is 0 Å². The Bertz CT molecular complexity index is 350. The van der Waals surface area contributed by atoms with E-state index in [9.17, 15) is 0 Å². The van der Waals surface area contributed by atoms with Gasteiger partial charge in [-0.2, -0.15) is 0 Å². The van der Waals surface area contributed by atoms with Gasteiger partial charge in [-0.1, -0.05) is 12.6 Å². The number of fused-ring (bicyclic) bond motifs is 1. The first-order valence-electron chi connectivity index (χ1n) is 4.67. The van der Waals surface area contributed by atoms with Gasteiger partial charge >= 0.3 is 0 Å². The molecule has 68 valence electrons. The SMILES string of the molecule is C=C1CCc2ccc(N(C)C)cc21. The summed E-state index contributed by atoms with van der Waals surface area (Å²) in [5, 5.41) is 0. The lowest BCUT2D eigenvalue weighted by Gasteiger charge is -2.13. The Hall–Kier alpha value is -1.24. The number of rotatable bonds is 1. The molecule has 0 bridgehead atoms. The molecule has 0 atom stereocenters. The van der Waals surface area contributed by atoms with Crippen LogP contribution in [0.1, 0.15) is 17.5 Å². The summed E-state index contributed by atoms with van der Waals surface area (Å²) < 4.78 is 0. The normalized spacial score (nSPS) is 14.5. The molecule has 1 aromatic carbocycles. The number of aryl methyl sites for hydroxylation is 1. The van der Waals surface area contributed by atoms with Gasteiger partial charge in [-0.15, -0.1) is 0 Å². The first kappa shape index (κ1) is 8.36. The molecule has 1 nitrogen and oxygen atoms in total. The van der Waals surface area contributed by atoms with E-state index in [1.165, 1.54) is 28.8 Å². The van der Waals surface area contributed by atoms with Gasteiger partial charge in [0, 0.05) is 19.8 Å². The van der Waals surface area contributed by atoms with Gasteiger partial charge in [0.2, 0.25) is 0 Å². The Balaban J connectivity index is 2.48. The molecule has 0 fully saturated rings. The first-order chi connectivity index (χ1) is 6.18. The highest BCUT2D eigenvalue weighted by molar-refractivity contribution is 5.73. The van der Waals surface area contributed by atoms with Crippen LogP contribution in [0.15, 0.2) is 24.8 Å². The molecular formula is C12H15N. The minimum atomic E-state index is 1.13. The van der Waals surface area contributed by atoms with Crippen LogP contribution in [0.4, 0.5) is 5.69 Å². The summed E-state index contributed by atoms with van der Waals surface area (Å²) in [6.45, 7) is 4.08. The minimum Gasteiger partial charge on any atom is -0.378 e. The van der Waals surface area contributed by atoms with Crippen molar-refractivity contribution in [3.63, 3.8) is 0 Å². The summed E-state index contributed by atoms with van der Waals surface area (Å²) in [4.78, 5) is 2.13. The zero-order valence-corrected chi connectivity index (χ0v) is 8.30. The summed E-state index contributed by atoms with van der Waals surface area (Å²) in [5.41, 5.74) is 5.38. The van der Waals surface area contributed by atoms with E-state index in [2.05, 4.69) is 43.8 Å². The van der Waals surface area contributed by atoms with Gasteiger partial charge in [0.05, 0.1) is 0 Å². The van der Waals surface area contributed by atoms with Crippen molar-refractivity contribution in [1.82, 2.24) is 0 Å². The third-order valence-corrected chi connectivity index (χ3v) is 2.69.